The molecule has 2 aromatic heterocycles. The summed E-state index contributed by atoms with van der Waals surface area (Å²) in [6.07, 6.45) is 1.88. The first-order valence-electron chi connectivity index (χ1n) is 6.53. The van der Waals surface area contributed by atoms with Gasteiger partial charge in [-0.15, -0.1) is 11.3 Å². The van der Waals surface area contributed by atoms with Gasteiger partial charge in [0.25, 0.3) is 0 Å². The van der Waals surface area contributed by atoms with Crippen LogP contribution in [-0.2, 0) is 13.1 Å². The Bertz CT molecular complexity index is 610. The van der Waals surface area contributed by atoms with E-state index >= 15 is 0 Å². The second-order valence-corrected chi connectivity index (χ2v) is 6.41. The standard InChI is InChI=1S/C13H18N4O3S/c1-10-3-4-13(21-10)9-15(2)7-12(18)8-16-6-11(5-14-16)17(19)20/h3-6,12,18H,7-9H2,1-2H3. The SMILES string of the molecule is Cc1ccc(CN(C)CC(O)Cn2cc([N+](=O)[O-])cn2)s1. The number of likely N-dealkylation sites (N-methyl/N-ethyl adjacent to an activating group) is 1. The Morgan fingerprint density at radius 1 is 1.57 bits per heavy atom. The molecule has 7 nitrogen and oxygen atoms in total. The molecule has 114 valence electrons. The van der Waals surface area contributed by atoms with E-state index in [0.717, 1.165) is 6.54 Å². The van der Waals surface area contributed by atoms with Crippen LogP contribution in [0, 0.1) is 17.0 Å². The van der Waals surface area contributed by atoms with E-state index in [2.05, 4.69) is 24.2 Å². The van der Waals surface area contributed by atoms with Crippen LogP contribution >= 0.6 is 11.3 Å². The Morgan fingerprint density at radius 3 is 2.90 bits per heavy atom. The van der Waals surface area contributed by atoms with E-state index in [4.69, 9.17) is 0 Å². The minimum Gasteiger partial charge on any atom is -0.390 e. The number of rotatable bonds is 7. The molecule has 1 unspecified atom stereocenters. The van der Waals surface area contributed by atoms with E-state index in [0.29, 0.717) is 6.54 Å². The number of nitro groups is 1. The summed E-state index contributed by atoms with van der Waals surface area (Å²) in [7, 11) is 1.93. The maximum Gasteiger partial charge on any atom is 0.306 e. The van der Waals surface area contributed by atoms with Gasteiger partial charge in [0.2, 0.25) is 0 Å². The second kappa shape index (κ2) is 6.79. The molecule has 0 bridgehead atoms. The zero-order chi connectivity index (χ0) is 15.4. The first-order chi connectivity index (χ1) is 9.94. The number of hydrogen-bond donors (Lipinski definition) is 1. The van der Waals surface area contributed by atoms with E-state index in [1.165, 1.54) is 26.8 Å². The predicted octanol–water partition coefficient (Wildman–Crippen LogP) is 1.65. The van der Waals surface area contributed by atoms with Crippen LogP contribution in [0.15, 0.2) is 24.5 Å². The van der Waals surface area contributed by atoms with Crippen molar-refractivity contribution in [3.05, 3.63) is 44.4 Å². The lowest BCUT2D eigenvalue weighted by Crippen LogP contribution is -2.31. The highest BCUT2D eigenvalue weighted by molar-refractivity contribution is 7.11. The molecule has 0 aliphatic heterocycles. The summed E-state index contributed by atoms with van der Waals surface area (Å²) in [5, 5.41) is 24.5. The van der Waals surface area contributed by atoms with Crippen molar-refractivity contribution in [2.75, 3.05) is 13.6 Å². The van der Waals surface area contributed by atoms with Gasteiger partial charge in [-0.1, -0.05) is 0 Å². The molecule has 0 aliphatic rings. The largest absolute Gasteiger partial charge is 0.390 e. The third-order valence-electron chi connectivity index (χ3n) is 2.97. The van der Waals surface area contributed by atoms with E-state index in [1.807, 2.05) is 11.9 Å². The Hall–Kier alpha value is -1.77. The van der Waals surface area contributed by atoms with Crippen LogP contribution < -0.4 is 0 Å². The molecule has 21 heavy (non-hydrogen) atoms. The first kappa shape index (κ1) is 15.6. The van der Waals surface area contributed by atoms with Crippen LogP contribution in [0.3, 0.4) is 0 Å². The summed E-state index contributed by atoms with van der Waals surface area (Å²) in [5.74, 6) is 0. The van der Waals surface area contributed by atoms with Gasteiger partial charge in [-0.3, -0.25) is 19.7 Å². The predicted molar refractivity (Wildman–Crippen MR) is 80.3 cm³/mol. The van der Waals surface area contributed by atoms with Gasteiger partial charge in [0.15, 0.2) is 0 Å². The van der Waals surface area contributed by atoms with Crippen LogP contribution in [0.4, 0.5) is 5.69 Å². The number of thiophene rings is 1. The summed E-state index contributed by atoms with van der Waals surface area (Å²) >= 11 is 1.74. The van der Waals surface area contributed by atoms with E-state index in [1.54, 1.807) is 11.3 Å². The molecular weight excluding hydrogens is 292 g/mol. The van der Waals surface area contributed by atoms with Crippen molar-refractivity contribution in [1.82, 2.24) is 14.7 Å². The van der Waals surface area contributed by atoms with Crippen molar-refractivity contribution in [2.24, 2.45) is 0 Å². The van der Waals surface area contributed by atoms with Crippen molar-refractivity contribution in [1.29, 1.82) is 0 Å². The molecule has 1 atom stereocenters. The molecule has 1 N–H and O–H groups in total. The maximum absolute atomic E-state index is 10.6. The summed E-state index contributed by atoms with van der Waals surface area (Å²) in [6, 6.07) is 4.16. The summed E-state index contributed by atoms with van der Waals surface area (Å²) in [4.78, 5) is 14.6. The van der Waals surface area contributed by atoms with Gasteiger partial charge in [0.05, 0.1) is 17.6 Å². The molecule has 0 aliphatic carbocycles. The highest BCUT2D eigenvalue weighted by Gasteiger charge is 2.14. The maximum atomic E-state index is 10.6. The fraction of sp³-hybridized carbons (Fsp3) is 0.462. The molecular formula is C13H18N4O3S. The van der Waals surface area contributed by atoms with Crippen LogP contribution in [0.1, 0.15) is 9.75 Å². The molecule has 0 spiro atoms. The molecule has 2 aromatic rings. The topological polar surface area (TPSA) is 84.4 Å². The van der Waals surface area contributed by atoms with Crippen molar-refractivity contribution in [3.8, 4) is 0 Å². The van der Waals surface area contributed by atoms with Crippen molar-refractivity contribution in [3.63, 3.8) is 0 Å². The molecule has 8 heteroatoms. The summed E-state index contributed by atoms with van der Waals surface area (Å²) < 4.78 is 1.39. The number of nitrogens with zero attached hydrogens (tertiary/aromatic N) is 4. The van der Waals surface area contributed by atoms with Gasteiger partial charge in [-0.05, 0) is 26.1 Å². The summed E-state index contributed by atoms with van der Waals surface area (Å²) in [6.45, 7) is 3.55. The fourth-order valence-corrected chi connectivity index (χ4v) is 3.05. The quantitative estimate of drug-likeness (QED) is 0.621. The highest BCUT2D eigenvalue weighted by atomic mass is 32.1. The fourth-order valence-electron chi connectivity index (χ4n) is 2.08. The Morgan fingerprint density at radius 2 is 2.33 bits per heavy atom. The zero-order valence-corrected chi connectivity index (χ0v) is 12.8. The van der Waals surface area contributed by atoms with Crippen molar-refractivity contribution < 1.29 is 10.0 Å². The van der Waals surface area contributed by atoms with Gasteiger partial charge in [0.1, 0.15) is 12.4 Å². The Kier molecular flexibility index (Phi) is 5.05. The van der Waals surface area contributed by atoms with Crippen LogP contribution in [0.2, 0.25) is 0 Å². The van der Waals surface area contributed by atoms with Gasteiger partial charge in [-0.2, -0.15) is 5.10 Å². The average molecular weight is 310 g/mol. The minimum atomic E-state index is -0.629. The highest BCUT2D eigenvalue weighted by Crippen LogP contribution is 2.16. The molecule has 0 fully saturated rings. The van der Waals surface area contributed by atoms with Crippen LogP contribution in [0.25, 0.3) is 0 Å². The summed E-state index contributed by atoms with van der Waals surface area (Å²) in [5.41, 5.74) is -0.0652. The molecule has 0 saturated carbocycles. The molecule has 2 rings (SSSR count). The lowest BCUT2D eigenvalue weighted by molar-refractivity contribution is -0.385. The van der Waals surface area contributed by atoms with Gasteiger partial charge in [0, 0.05) is 22.8 Å². The van der Waals surface area contributed by atoms with E-state index in [9.17, 15) is 15.2 Å². The minimum absolute atomic E-state index is 0.0652. The van der Waals surface area contributed by atoms with Crippen molar-refractivity contribution in [2.45, 2.75) is 26.1 Å². The normalized spacial score (nSPS) is 12.8. The van der Waals surface area contributed by atoms with Crippen LogP contribution in [0.5, 0.6) is 0 Å². The first-order valence-corrected chi connectivity index (χ1v) is 7.34. The molecule has 2 heterocycles. The van der Waals surface area contributed by atoms with Crippen LogP contribution in [-0.4, -0.2) is 44.4 Å². The molecule has 0 amide bonds. The lowest BCUT2D eigenvalue weighted by atomic mass is 10.3. The third kappa shape index (κ3) is 4.62. The van der Waals surface area contributed by atoms with Gasteiger partial charge in [-0.25, -0.2) is 0 Å². The zero-order valence-electron chi connectivity index (χ0n) is 12.0. The number of hydrogen-bond acceptors (Lipinski definition) is 6. The molecule has 0 aromatic carbocycles. The number of aliphatic hydroxyl groups is 1. The molecule has 0 radical (unpaired) electrons. The monoisotopic (exact) mass is 310 g/mol. The second-order valence-electron chi connectivity index (χ2n) is 5.04. The molecule has 0 saturated heterocycles. The lowest BCUT2D eigenvalue weighted by Gasteiger charge is -2.19. The number of aryl methyl sites for hydroxylation is 1. The third-order valence-corrected chi connectivity index (χ3v) is 3.96. The van der Waals surface area contributed by atoms with Gasteiger partial charge >= 0.3 is 5.69 Å². The van der Waals surface area contributed by atoms with E-state index < -0.39 is 11.0 Å². The van der Waals surface area contributed by atoms with E-state index in [-0.39, 0.29) is 12.2 Å². The number of aliphatic hydroxyl groups excluding tert-OH is 1. The number of aromatic nitrogens is 2. The van der Waals surface area contributed by atoms with Crippen molar-refractivity contribution >= 4 is 17.0 Å². The Labute approximate surface area is 126 Å². The Balaban J connectivity index is 1.82. The average Bonchev–Trinajstić information content (AvgIpc) is 2.98. The van der Waals surface area contributed by atoms with Gasteiger partial charge < -0.3 is 5.11 Å². The smallest absolute Gasteiger partial charge is 0.306 e.